The quantitative estimate of drug-likeness (QED) is 0.353. The van der Waals surface area contributed by atoms with E-state index in [2.05, 4.69) is 29.6 Å². The molecule has 0 bridgehead atoms. The minimum Gasteiger partial charge on any atom is -0.480 e. The van der Waals surface area contributed by atoms with Crippen LogP contribution in [0.25, 0.3) is 11.1 Å². The number of benzene rings is 3. The molecule has 2 aliphatic carbocycles. The average molecular weight is 586 g/mol. The second kappa shape index (κ2) is 12.2. The van der Waals surface area contributed by atoms with Crippen LogP contribution in [0.2, 0.25) is 0 Å². The van der Waals surface area contributed by atoms with Crippen LogP contribution in [0.4, 0.5) is 4.79 Å². The number of carbonyl (C=O) groups is 3. The molecular weight excluding hydrogens is 550 g/mol. The molecule has 42 heavy (non-hydrogen) atoms. The first-order valence-electron chi connectivity index (χ1n) is 14.4. The Morgan fingerprint density at radius 1 is 0.976 bits per heavy atom. The molecule has 1 saturated carbocycles. The molecule has 2 amide bonds. The Hall–Kier alpha value is -3.82. The fraction of sp³-hybridized carbons (Fsp3) is 0.364. The fourth-order valence-corrected chi connectivity index (χ4v) is 7.80. The third-order valence-corrected chi connectivity index (χ3v) is 9.78. The Kier molecular flexibility index (Phi) is 8.22. The number of thioether (sulfide) groups is 1. The maximum atomic E-state index is 14.1. The van der Waals surface area contributed by atoms with Gasteiger partial charge in [0.1, 0.15) is 18.7 Å². The number of likely N-dealkylation sites (N-methyl/N-ethyl adjacent to an activating group) is 1. The minimum atomic E-state index is -1.02. The lowest BCUT2D eigenvalue weighted by Gasteiger charge is -2.33. The smallest absolute Gasteiger partial charge is 0.407 e. The van der Waals surface area contributed by atoms with E-state index in [1.165, 1.54) is 16.7 Å². The highest BCUT2D eigenvalue weighted by Gasteiger charge is 2.49. The summed E-state index contributed by atoms with van der Waals surface area (Å²) in [6, 6.07) is 24.2. The molecule has 2 N–H and O–H groups in total. The van der Waals surface area contributed by atoms with Crippen molar-refractivity contribution in [2.24, 2.45) is 5.92 Å². The number of amides is 2. The Morgan fingerprint density at radius 2 is 1.60 bits per heavy atom. The molecule has 0 aromatic heterocycles. The predicted molar refractivity (Wildman–Crippen MR) is 162 cm³/mol. The normalized spacial score (nSPS) is 20.2. The monoisotopic (exact) mass is 585 g/mol. The van der Waals surface area contributed by atoms with Gasteiger partial charge in [-0.2, -0.15) is 0 Å². The van der Waals surface area contributed by atoms with Crippen molar-refractivity contribution in [1.82, 2.24) is 15.1 Å². The molecule has 3 aliphatic rings. The Morgan fingerprint density at radius 3 is 2.21 bits per heavy atom. The molecule has 3 aromatic rings. The third kappa shape index (κ3) is 5.89. The zero-order valence-electron chi connectivity index (χ0n) is 23.5. The van der Waals surface area contributed by atoms with E-state index in [9.17, 15) is 19.5 Å². The van der Waals surface area contributed by atoms with Gasteiger partial charge < -0.3 is 20.1 Å². The van der Waals surface area contributed by atoms with Gasteiger partial charge in [0.05, 0.1) is 5.37 Å². The van der Waals surface area contributed by atoms with E-state index in [4.69, 9.17) is 4.74 Å². The van der Waals surface area contributed by atoms with Crippen LogP contribution in [0, 0.1) is 5.92 Å². The van der Waals surface area contributed by atoms with Crippen LogP contribution in [-0.4, -0.2) is 76.3 Å². The molecule has 1 saturated heterocycles. The van der Waals surface area contributed by atoms with Crippen LogP contribution in [-0.2, 0) is 20.9 Å². The van der Waals surface area contributed by atoms with Gasteiger partial charge in [0.2, 0.25) is 5.91 Å². The maximum Gasteiger partial charge on any atom is 0.407 e. The summed E-state index contributed by atoms with van der Waals surface area (Å²) in [4.78, 5) is 43.0. The topological polar surface area (TPSA) is 99.2 Å². The molecule has 2 fully saturated rings. The lowest BCUT2D eigenvalue weighted by atomic mass is 9.98. The van der Waals surface area contributed by atoms with E-state index >= 15 is 0 Å². The van der Waals surface area contributed by atoms with Crippen molar-refractivity contribution in [1.29, 1.82) is 0 Å². The molecule has 3 unspecified atom stereocenters. The summed E-state index contributed by atoms with van der Waals surface area (Å²) in [5, 5.41) is 12.6. The van der Waals surface area contributed by atoms with Crippen LogP contribution in [0.5, 0.6) is 0 Å². The molecule has 1 heterocycles. The first kappa shape index (κ1) is 28.3. The molecule has 8 nitrogen and oxygen atoms in total. The van der Waals surface area contributed by atoms with Crippen molar-refractivity contribution < 1.29 is 24.2 Å². The number of hydrogen-bond donors (Lipinski definition) is 2. The van der Waals surface area contributed by atoms with Gasteiger partial charge in [0.15, 0.2) is 0 Å². The highest BCUT2D eigenvalue weighted by atomic mass is 32.2. The van der Waals surface area contributed by atoms with E-state index in [0.29, 0.717) is 18.2 Å². The van der Waals surface area contributed by atoms with Gasteiger partial charge in [-0.15, -0.1) is 11.8 Å². The SMILES string of the molecule is CN(Cc1ccccc1)CC(NC(=O)OCC1c2ccccc2-c2ccccc21)C(=O)N1C(C(=O)O)CSC1C1CC1. The molecule has 3 aromatic carbocycles. The van der Waals surface area contributed by atoms with Crippen molar-refractivity contribution in [2.75, 3.05) is 26.0 Å². The molecule has 9 heteroatoms. The predicted octanol–water partition coefficient (Wildman–Crippen LogP) is 4.79. The molecular formula is C33H35N3O5S. The Balaban J connectivity index is 1.19. The van der Waals surface area contributed by atoms with Crippen LogP contribution < -0.4 is 5.32 Å². The van der Waals surface area contributed by atoms with Gasteiger partial charge in [-0.3, -0.25) is 9.69 Å². The van der Waals surface area contributed by atoms with Crippen LogP contribution >= 0.6 is 11.8 Å². The van der Waals surface area contributed by atoms with Crippen molar-refractivity contribution in [3.63, 3.8) is 0 Å². The summed E-state index contributed by atoms with van der Waals surface area (Å²) in [5.41, 5.74) is 5.55. The summed E-state index contributed by atoms with van der Waals surface area (Å²) in [7, 11) is 1.89. The lowest BCUT2D eigenvalue weighted by molar-refractivity contribution is -0.150. The standard InChI is InChI=1S/C33H35N3O5S/c1-35(17-21-9-3-2-4-10-21)18-28(30(37)36-29(32(38)39)20-42-31(36)22-15-16-22)34-33(40)41-19-27-25-13-7-5-11-23(25)24-12-6-8-14-26(24)27/h2-14,22,27-29,31H,15-20H2,1H3,(H,34,40)(H,38,39). The third-order valence-electron chi connectivity index (χ3n) is 8.32. The van der Waals surface area contributed by atoms with E-state index in [0.717, 1.165) is 40.7 Å². The number of carboxylic acid groups (broad SMARTS) is 1. The zero-order valence-corrected chi connectivity index (χ0v) is 24.3. The average Bonchev–Trinajstić information content (AvgIpc) is 3.66. The lowest BCUT2D eigenvalue weighted by Crippen LogP contribution is -2.57. The second-order valence-electron chi connectivity index (χ2n) is 11.4. The first-order chi connectivity index (χ1) is 20.4. The minimum absolute atomic E-state index is 0.108. The summed E-state index contributed by atoms with van der Waals surface area (Å²) >= 11 is 1.52. The number of ether oxygens (including phenoxy) is 1. The summed E-state index contributed by atoms with van der Waals surface area (Å²) in [6.45, 7) is 0.908. The number of rotatable bonds is 10. The van der Waals surface area contributed by atoms with Crippen LogP contribution in [0.3, 0.4) is 0 Å². The molecule has 3 atom stereocenters. The number of fused-ring (bicyclic) bond motifs is 3. The van der Waals surface area contributed by atoms with Gasteiger partial charge in [0.25, 0.3) is 0 Å². The number of aliphatic carboxylic acids is 1. The molecule has 6 rings (SSSR count). The summed E-state index contributed by atoms with van der Waals surface area (Å²) < 4.78 is 5.78. The van der Waals surface area contributed by atoms with Crippen molar-refractivity contribution in [2.45, 2.75) is 42.8 Å². The second-order valence-corrected chi connectivity index (χ2v) is 12.5. The van der Waals surface area contributed by atoms with E-state index in [1.807, 2.05) is 66.5 Å². The van der Waals surface area contributed by atoms with Gasteiger partial charge in [-0.05, 0) is 53.6 Å². The number of nitrogens with zero attached hydrogens (tertiary/aromatic N) is 2. The maximum absolute atomic E-state index is 14.1. The number of carbonyl (C=O) groups excluding carboxylic acids is 2. The van der Waals surface area contributed by atoms with Gasteiger partial charge in [0, 0.05) is 24.8 Å². The van der Waals surface area contributed by atoms with E-state index < -0.39 is 24.1 Å². The number of nitrogens with one attached hydrogen (secondary N) is 1. The largest absolute Gasteiger partial charge is 0.480 e. The fourth-order valence-electron chi connectivity index (χ4n) is 6.16. The van der Waals surface area contributed by atoms with Crippen molar-refractivity contribution >= 4 is 29.7 Å². The Labute approximate surface area is 250 Å². The number of carboxylic acids is 1. The Bertz CT molecular complexity index is 1420. The summed E-state index contributed by atoms with van der Waals surface area (Å²) in [5.74, 6) is -0.863. The van der Waals surface area contributed by atoms with Gasteiger partial charge in [-0.25, -0.2) is 9.59 Å². The molecule has 0 radical (unpaired) electrons. The highest BCUT2D eigenvalue weighted by molar-refractivity contribution is 8.00. The van der Waals surface area contributed by atoms with E-state index in [1.54, 1.807) is 0 Å². The zero-order chi connectivity index (χ0) is 29.2. The van der Waals surface area contributed by atoms with Crippen LogP contribution in [0.15, 0.2) is 78.9 Å². The molecule has 218 valence electrons. The van der Waals surface area contributed by atoms with Crippen molar-refractivity contribution in [3.05, 3.63) is 95.6 Å². The van der Waals surface area contributed by atoms with Crippen LogP contribution in [0.1, 0.15) is 35.4 Å². The highest BCUT2D eigenvalue weighted by Crippen LogP contribution is 2.46. The first-order valence-corrected chi connectivity index (χ1v) is 15.5. The molecule has 1 aliphatic heterocycles. The molecule has 0 spiro atoms. The van der Waals surface area contributed by atoms with E-state index in [-0.39, 0.29) is 30.4 Å². The number of hydrogen-bond acceptors (Lipinski definition) is 6. The van der Waals surface area contributed by atoms with Gasteiger partial charge >= 0.3 is 12.1 Å². The van der Waals surface area contributed by atoms with Crippen molar-refractivity contribution in [3.8, 4) is 11.1 Å². The summed E-state index contributed by atoms with van der Waals surface area (Å²) in [6.07, 6.45) is 1.27. The number of alkyl carbamates (subject to hydrolysis) is 1. The van der Waals surface area contributed by atoms with Gasteiger partial charge in [-0.1, -0.05) is 78.9 Å².